The highest BCUT2D eigenvalue weighted by Crippen LogP contribution is 2.43. The Morgan fingerprint density at radius 3 is 2.54 bits per heavy atom. The Morgan fingerprint density at radius 1 is 1.09 bits per heavy atom. The van der Waals surface area contributed by atoms with Gasteiger partial charge in [-0.05, 0) is 116 Å². The van der Waals surface area contributed by atoms with E-state index in [-0.39, 0.29) is 49.6 Å². The Labute approximate surface area is 398 Å². The predicted molar refractivity (Wildman–Crippen MR) is 259 cm³/mol. The predicted octanol–water partition coefficient (Wildman–Crippen LogP) is 6.50. The second-order valence-electron chi connectivity index (χ2n) is 19.9. The second-order valence-corrected chi connectivity index (χ2v) is 19.9. The van der Waals surface area contributed by atoms with Crippen molar-refractivity contribution in [1.29, 1.82) is 0 Å². The van der Waals surface area contributed by atoms with E-state index >= 15 is 4.39 Å². The maximum absolute atomic E-state index is 17.1. The summed E-state index contributed by atoms with van der Waals surface area (Å²) in [6, 6.07) is 11.5. The number of hydrogen-bond donors (Lipinski definition) is 3. The van der Waals surface area contributed by atoms with Crippen molar-refractivity contribution in [3.63, 3.8) is 0 Å². The van der Waals surface area contributed by atoms with Crippen molar-refractivity contribution in [1.82, 2.24) is 30.1 Å². The van der Waals surface area contributed by atoms with E-state index < -0.39 is 53.1 Å². The van der Waals surface area contributed by atoms with Crippen LogP contribution in [0.1, 0.15) is 76.1 Å². The second kappa shape index (κ2) is 20.7. The molecule has 6 bridgehead atoms. The molecule has 1 aromatic heterocycles. The van der Waals surface area contributed by atoms with E-state index in [0.29, 0.717) is 79.4 Å². The summed E-state index contributed by atoms with van der Waals surface area (Å²) in [5.74, 6) is -3.66. The summed E-state index contributed by atoms with van der Waals surface area (Å²) in [5, 5.41) is 16.3. The lowest BCUT2D eigenvalue weighted by Gasteiger charge is -2.37. The number of cyclic esters (lactones) is 1. The number of fused-ring (bicyclic) bond motifs is 6. The largest absolute Gasteiger partial charge is 0.508 e. The van der Waals surface area contributed by atoms with Crippen molar-refractivity contribution >= 4 is 40.5 Å². The molecule has 7 rings (SSSR count). The van der Waals surface area contributed by atoms with Crippen LogP contribution in [0.25, 0.3) is 33.3 Å². The zero-order valence-electron chi connectivity index (χ0n) is 40.7. The summed E-state index contributed by atoms with van der Waals surface area (Å²) in [6.07, 6.45) is 3.49. The third-order valence-corrected chi connectivity index (χ3v) is 13.7. The minimum atomic E-state index is -1.23. The number of likely N-dealkylation sites (N-methyl/N-ethyl adjacent to an activating group) is 1. The van der Waals surface area contributed by atoms with E-state index in [2.05, 4.69) is 35.5 Å². The number of ether oxygens (including phenoxy) is 2. The highest BCUT2D eigenvalue weighted by atomic mass is 19.1. The van der Waals surface area contributed by atoms with Gasteiger partial charge in [-0.3, -0.25) is 29.0 Å². The molecular weight excluding hydrogens is 868 g/mol. The first-order valence-electron chi connectivity index (χ1n) is 23.8. The maximum Gasteiger partial charge on any atom is 0.324 e. The van der Waals surface area contributed by atoms with Crippen LogP contribution in [0.4, 0.5) is 4.39 Å². The number of phenolic OH excluding ortho intramolecular Hbond substituents is 1. The summed E-state index contributed by atoms with van der Waals surface area (Å²) in [7, 11) is 3.22. The van der Waals surface area contributed by atoms with Crippen LogP contribution in [0.3, 0.4) is 0 Å². The van der Waals surface area contributed by atoms with Crippen LogP contribution >= 0.6 is 0 Å². The van der Waals surface area contributed by atoms with Gasteiger partial charge in [0.2, 0.25) is 17.7 Å². The number of aromatic nitrogens is 1. The van der Waals surface area contributed by atoms with Crippen LogP contribution in [-0.2, 0) is 59.3 Å². The van der Waals surface area contributed by atoms with Crippen LogP contribution in [0, 0.1) is 30.0 Å². The van der Waals surface area contributed by atoms with Crippen LogP contribution in [-0.4, -0.2) is 119 Å². The fourth-order valence-corrected chi connectivity index (χ4v) is 10.3. The molecule has 3 aromatic carbocycles. The maximum atomic E-state index is 17.1. The van der Waals surface area contributed by atoms with Crippen LogP contribution < -0.4 is 10.7 Å². The van der Waals surface area contributed by atoms with Gasteiger partial charge in [-0.15, -0.1) is 0 Å². The number of nitrogens with one attached hydrogen (secondary N) is 2. The zero-order valence-corrected chi connectivity index (χ0v) is 40.7. The Morgan fingerprint density at radius 2 is 1.84 bits per heavy atom. The van der Waals surface area contributed by atoms with Gasteiger partial charge in [-0.1, -0.05) is 58.0 Å². The first-order valence-corrected chi connectivity index (χ1v) is 23.8. The minimum Gasteiger partial charge on any atom is -0.508 e. The van der Waals surface area contributed by atoms with Gasteiger partial charge in [0.1, 0.15) is 29.7 Å². The van der Waals surface area contributed by atoms with Gasteiger partial charge in [0.25, 0.3) is 5.91 Å². The molecule has 0 unspecified atom stereocenters. The number of halogens is 1. The molecule has 0 radical (unpaired) electrons. The topological polar surface area (TPSA) is 163 Å². The van der Waals surface area contributed by atoms with E-state index in [1.807, 2.05) is 52.2 Å². The molecule has 3 aliphatic rings. The summed E-state index contributed by atoms with van der Waals surface area (Å²) >= 11 is 0. The molecule has 0 aliphatic carbocycles. The average Bonchev–Trinajstić information content (AvgIpc) is 3.92. The summed E-state index contributed by atoms with van der Waals surface area (Å²) < 4.78 is 30.7. The zero-order chi connectivity index (χ0) is 49.2. The van der Waals surface area contributed by atoms with Crippen molar-refractivity contribution in [3.8, 4) is 28.1 Å². The molecule has 4 amide bonds. The number of methoxy groups -OCH3 is 1. The molecule has 3 aliphatic heterocycles. The van der Waals surface area contributed by atoms with Gasteiger partial charge in [-0.2, -0.15) is 0 Å². The highest BCUT2D eigenvalue weighted by molar-refractivity contribution is 5.97. The normalized spacial score (nSPS) is 20.2. The van der Waals surface area contributed by atoms with Gasteiger partial charge in [0, 0.05) is 63.1 Å². The van der Waals surface area contributed by atoms with Gasteiger partial charge in [-0.25, -0.2) is 9.82 Å². The van der Waals surface area contributed by atoms with E-state index in [0.717, 1.165) is 27.9 Å². The summed E-state index contributed by atoms with van der Waals surface area (Å²) in [4.78, 5) is 72.4. The number of aromatic hydroxyl groups is 1. The average molecular weight is 935 g/mol. The number of amides is 4. The Balaban J connectivity index is 1.33. The summed E-state index contributed by atoms with van der Waals surface area (Å²) in [5.41, 5.74) is 9.20. The Hall–Kier alpha value is -6.06. The molecule has 2 fully saturated rings. The molecule has 2 saturated heterocycles. The van der Waals surface area contributed by atoms with Crippen molar-refractivity contribution < 1.29 is 42.9 Å². The van der Waals surface area contributed by atoms with E-state index in [9.17, 15) is 29.1 Å². The Bertz CT molecular complexity index is 2600. The smallest absolute Gasteiger partial charge is 0.324 e. The molecule has 0 saturated carbocycles. The number of likely N-dealkylation sites (tertiary alicyclic amines) is 1. The van der Waals surface area contributed by atoms with Crippen molar-refractivity contribution in [2.24, 2.45) is 17.3 Å². The SMILES string of the molecule is C=CC(=O)N1CC[C@H](C(=O)N(C)[C@H](C(=O)N[C@H]2Cc3cc(O)cc(c3)-c3cc(F)c4c(c3)c(c(-c3cc(C)ccc3CCOC)n4CC)CC(C)(C)COC(=O)[C@@H]3CCCN(N3)C2=O)C(C)C)C1. The molecule has 68 heavy (non-hydrogen) atoms. The first-order chi connectivity index (χ1) is 32.3. The van der Waals surface area contributed by atoms with Gasteiger partial charge in [0.05, 0.1) is 30.3 Å². The third kappa shape index (κ3) is 10.5. The van der Waals surface area contributed by atoms with Crippen molar-refractivity contribution in [3.05, 3.63) is 89.3 Å². The number of hydrogen-bond acceptors (Lipinski definition) is 9. The van der Waals surface area contributed by atoms with Crippen LogP contribution in [0.15, 0.2) is 61.2 Å². The number of carbonyl (C=O) groups is 5. The van der Waals surface area contributed by atoms with E-state index in [1.54, 1.807) is 31.2 Å². The number of hydrazine groups is 1. The molecular formula is C53H67FN6O8. The van der Waals surface area contributed by atoms with Crippen molar-refractivity contribution in [2.75, 3.05) is 47.0 Å². The quantitative estimate of drug-likeness (QED) is 0.113. The van der Waals surface area contributed by atoms with Gasteiger partial charge < -0.3 is 34.3 Å². The fourth-order valence-electron chi connectivity index (χ4n) is 10.3. The monoisotopic (exact) mass is 935 g/mol. The van der Waals surface area contributed by atoms with Gasteiger partial charge in [0.15, 0.2) is 0 Å². The fraction of sp³-hybridized carbons (Fsp3) is 0.491. The van der Waals surface area contributed by atoms with Crippen LogP contribution in [0.5, 0.6) is 5.75 Å². The minimum absolute atomic E-state index is 0.0314. The lowest BCUT2D eigenvalue weighted by Crippen LogP contribution is -2.62. The lowest BCUT2D eigenvalue weighted by atomic mass is 9.83. The summed E-state index contributed by atoms with van der Waals surface area (Å²) in [6.45, 7) is 17.1. The van der Waals surface area contributed by atoms with Gasteiger partial charge >= 0.3 is 5.97 Å². The lowest BCUT2D eigenvalue weighted by molar-refractivity contribution is -0.155. The first kappa shape index (κ1) is 49.8. The molecule has 15 heteroatoms. The molecule has 14 nitrogen and oxygen atoms in total. The van der Waals surface area contributed by atoms with Crippen LogP contribution in [0.2, 0.25) is 0 Å². The number of phenols is 1. The number of nitrogens with zero attached hydrogens (tertiary/aromatic N) is 4. The molecule has 4 heterocycles. The molecule has 3 N–H and O–H groups in total. The molecule has 364 valence electrons. The Kier molecular flexibility index (Phi) is 15.1. The highest BCUT2D eigenvalue weighted by Gasteiger charge is 2.40. The van der Waals surface area contributed by atoms with E-state index in [4.69, 9.17) is 9.47 Å². The van der Waals surface area contributed by atoms with Crippen molar-refractivity contribution in [2.45, 2.75) is 105 Å². The number of benzene rings is 3. The van der Waals surface area contributed by atoms with E-state index in [1.165, 1.54) is 28.1 Å². The molecule has 0 spiro atoms. The molecule has 4 aromatic rings. The number of rotatable bonds is 11. The number of aryl methyl sites for hydroxylation is 2. The third-order valence-electron chi connectivity index (χ3n) is 13.7. The number of carbonyl (C=O) groups excluding carboxylic acids is 5. The number of esters is 1. The molecule has 4 atom stereocenters. The standard InChI is InChI=1S/C53H67FN6O8/c1-10-45(62)58-19-16-35(29-58)50(64)57(8)46(31(3)4)49(63)55-44-24-33-22-36(25-38(61)23-33)37-26-40-41(28-53(6,7)30-68-52(66)43-13-12-18-60(56-43)51(44)65)47(59(11-2)48(40)42(54)27-37)39-21-32(5)14-15-34(39)17-20-67-9/h10,14-15,21-23,25-27,31,35,43-44,46,56,61H,1,11-13,16-20,24,28-30H2,2-9H3,(H,55,63)/t35-,43-,44-,46-/m0/s1.